The first-order chi connectivity index (χ1) is 12.7. The van der Waals surface area contributed by atoms with Gasteiger partial charge in [-0.25, -0.2) is 4.98 Å². The summed E-state index contributed by atoms with van der Waals surface area (Å²) in [6.07, 6.45) is 9.86. The van der Waals surface area contributed by atoms with E-state index < -0.39 is 0 Å². The highest BCUT2D eigenvalue weighted by Gasteiger charge is 2.12. The molecule has 26 heavy (non-hydrogen) atoms. The Morgan fingerprint density at radius 1 is 1.15 bits per heavy atom. The Labute approximate surface area is 150 Å². The summed E-state index contributed by atoms with van der Waals surface area (Å²) in [4.78, 5) is 20.8. The van der Waals surface area contributed by atoms with Crippen molar-refractivity contribution in [1.82, 2.24) is 24.1 Å². The second-order valence-corrected chi connectivity index (χ2v) is 6.12. The number of hydrogen-bond acceptors (Lipinski definition) is 4. The van der Waals surface area contributed by atoms with E-state index in [1.165, 1.54) is 5.56 Å². The Morgan fingerprint density at radius 2 is 2.00 bits per heavy atom. The first-order valence-electron chi connectivity index (χ1n) is 8.36. The molecule has 130 valence electrons. The third kappa shape index (κ3) is 3.46. The molecule has 0 radical (unpaired) electrons. The molecule has 1 N–H and O–H groups in total. The average molecular weight is 346 g/mol. The number of amides is 1. The average Bonchev–Trinajstić information content (AvgIpc) is 3.27. The number of carbonyl (C=O) groups is 1. The number of nitrogens with zero attached hydrogens (tertiary/aromatic N) is 5. The summed E-state index contributed by atoms with van der Waals surface area (Å²) < 4.78 is 3.64. The second-order valence-electron chi connectivity index (χ2n) is 6.12. The van der Waals surface area contributed by atoms with E-state index in [9.17, 15) is 4.79 Å². The van der Waals surface area contributed by atoms with Gasteiger partial charge in [0, 0.05) is 43.6 Å². The van der Waals surface area contributed by atoms with Crippen molar-refractivity contribution in [2.75, 3.05) is 5.32 Å². The van der Waals surface area contributed by atoms with Gasteiger partial charge in [0.05, 0.1) is 0 Å². The van der Waals surface area contributed by atoms with Crippen LogP contribution in [-0.2, 0) is 13.0 Å². The number of nitrogens with one attached hydrogen (secondary N) is 1. The Morgan fingerprint density at radius 3 is 2.85 bits per heavy atom. The second kappa shape index (κ2) is 6.79. The summed E-state index contributed by atoms with van der Waals surface area (Å²) in [5, 5.41) is 7.19. The summed E-state index contributed by atoms with van der Waals surface area (Å²) in [5.74, 6) is 0.240. The Bertz CT molecular complexity index is 1050. The Hall–Kier alpha value is -3.48. The zero-order valence-corrected chi connectivity index (χ0v) is 14.3. The van der Waals surface area contributed by atoms with E-state index in [0.717, 1.165) is 24.2 Å². The van der Waals surface area contributed by atoms with Crippen molar-refractivity contribution in [1.29, 1.82) is 0 Å². The van der Waals surface area contributed by atoms with Crippen molar-refractivity contribution in [2.24, 2.45) is 0 Å². The van der Waals surface area contributed by atoms with Gasteiger partial charge in [-0.3, -0.25) is 14.5 Å². The third-order valence-corrected chi connectivity index (χ3v) is 4.11. The number of rotatable bonds is 5. The lowest BCUT2D eigenvalue weighted by molar-refractivity contribution is 0.102. The van der Waals surface area contributed by atoms with Gasteiger partial charge in [0.1, 0.15) is 11.3 Å². The van der Waals surface area contributed by atoms with Crippen LogP contribution in [0.3, 0.4) is 0 Å². The van der Waals surface area contributed by atoms with Gasteiger partial charge in [-0.2, -0.15) is 5.10 Å². The number of fused-ring (bicyclic) bond motifs is 1. The summed E-state index contributed by atoms with van der Waals surface area (Å²) >= 11 is 0. The molecule has 0 aromatic carbocycles. The lowest BCUT2D eigenvalue weighted by Gasteiger charge is -2.02. The van der Waals surface area contributed by atoms with Gasteiger partial charge in [0.2, 0.25) is 0 Å². The predicted octanol–water partition coefficient (Wildman–Crippen LogP) is 2.73. The van der Waals surface area contributed by atoms with Crippen molar-refractivity contribution < 1.29 is 4.79 Å². The van der Waals surface area contributed by atoms with Crippen LogP contribution in [0.4, 0.5) is 5.82 Å². The van der Waals surface area contributed by atoms with Crippen LogP contribution in [0.2, 0.25) is 0 Å². The van der Waals surface area contributed by atoms with Crippen LogP contribution in [0.25, 0.3) is 5.65 Å². The van der Waals surface area contributed by atoms with Crippen molar-refractivity contribution in [2.45, 2.75) is 19.9 Å². The molecule has 0 saturated carbocycles. The van der Waals surface area contributed by atoms with Crippen LogP contribution in [0.1, 0.15) is 21.6 Å². The van der Waals surface area contributed by atoms with Gasteiger partial charge in [0.15, 0.2) is 5.82 Å². The molecule has 0 saturated heterocycles. The molecule has 4 rings (SSSR count). The molecule has 1 amide bonds. The molecule has 0 atom stereocenters. The summed E-state index contributed by atoms with van der Waals surface area (Å²) in [7, 11) is 0. The number of anilines is 1. The number of hydrogen-bond donors (Lipinski definition) is 1. The fourth-order valence-electron chi connectivity index (χ4n) is 2.72. The SMILES string of the molecule is Cc1ccn2cc(C(=O)Nc3ccn(CCc4ccncc4)n3)nc2c1. The molecule has 4 aromatic heterocycles. The normalized spacial score (nSPS) is 11.0. The zero-order chi connectivity index (χ0) is 17.9. The number of pyridine rings is 2. The predicted molar refractivity (Wildman–Crippen MR) is 98.1 cm³/mol. The monoisotopic (exact) mass is 346 g/mol. The maximum atomic E-state index is 12.4. The molecular formula is C19H18N6O. The quantitative estimate of drug-likeness (QED) is 0.603. The van der Waals surface area contributed by atoms with Crippen molar-refractivity contribution >= 4 is 17.4 Å². The molecule has 0 aliphatic rings. The van der Waals surface area contributed by atoms with Crippen LogP contribution in [0.15, 0.2) is 61.3 Å². The number of aryl methyl sites for hydroxylation is 3. The summed E-state index contributed by atoms with van der Waals surface area (Å²) in [6, 6.07) is 9.66. The van der Waals surface area contributed by atoms with Crippen LogP contribution in [0.5, 0.6) is 0 Å². The van der Waals surface area contributed by atoms with Crippen LogP contribution < -0.4 is 5.32 Å². The van der Waals surface area contributed by atoms with Gasteiger partial charge in [0.25, 0.3) is 5.91 Å². The van der Waals surface area contributed by atoms with Gasteiger partial charge in [-0.15, -0.1) is 0 Å². The van der Waals surface area contributed by atoms with E-state index >= 15 is 0 Å². The fourth-order valence-corrected chi connectivity index (χ4v) is 2.72. The first kappa shape index (κ1) is 16.0. The van der Waals surface area contributed by atoms with Gasteiger partial charge in [-0.05, 0) is 48.7 Å². The highest BCUT2D eigenvalue weighted by molar-refractivity contribution is 6.02. The van der Waals surface area contributed by atoms with Crippen LogP contribution in [-0.4, -0.2) is 30.1 Å². The minimum Gasteiger partial charge on any atom is -0.306 e. The van der Waals surface area contributed by atoms with E-state index in [1.807, 2.05) is 52.7 Å². The molecule has 7 heteroatoms. The van der Waals surface area contributed by atoms with Crippen molar-refractivity contribution in [3.05, 3.63) is 78.1 Å². The zero-order valence-electron chi connectivity index (χ0n) is 14.3. The third-order valence-electron chi connectivity index (χ3n) is 4.11. The van der Waals surface area contributed by atoms with Crippen molar-refractivity contribution in [3.63, 3.8) is 0 Å². The Balaban J connectivity index is 1.42. The minimum absolute atomic E-state index is 0.272. The number of imidazole rings is 1. The number of carbonyl (C=O) groups excluding carboxylic acids is 1. The van der Waals surface area contributed by atoms with E-state index in [0.29, 0.717) is 11.5 Å². The van der Waals surface area contributed by atoms with Gasteiger partial charge >= 0.3 is 0 Å². The topological polar surface area (TPSA) is 77.1 Å². The first-order valence-corrected chi connectivity index (χ1v) is 8.36. The molecule has 0 aliphatic carbocycles. The fraction of sp³-hybridized carbons (Fsp3) is 0.158. The summed E-state index contributed by atoms with van der Waals surface area (Å²) in [5.41, 5.74) is 3.41. The molecular weight excluding hydrogens is 328 g/mol. The van der Waals surface area contributed by atoms with Gasteiger partial charge < -0.3 is 9.72 Å². The molecule has 0 spiro atoms. The lowest BCUT2D eigenvalue weighted by atomic mass is 10.2. The van der Waals surface area contributed by atoms with Crippen LogP contribution >= 0.6 is 0 Å². The van der Waals surface area contributed by atoms with E-state index in [4.69, 9.17) is 0 Å². The highest BCUT2D eigenvalue weighted by atomic mass is 16.2. The maximum Gasteiger partial charge on any atom is 0.277 e. The standard InChI is InChI=1S/C19H18N6O/c1-14-4-9-24-13-16(21-18(24)12-14)19(26)22-17-6-11-25(23-17)10-5-15-2-7-20-8-3-15/h2-4,6-9,11-13H,5,10H2,1H3,(H,22,23,26). The van der Waals surface area contributed by atoms with Crippen molar-refractivity contribution in [3.8, 4) is 0 Å². The van der Waals surface area contributed by atoms with E-state index in [-0.39, 0.29) is 5.91 Å². The number of aromatic nitrogens is 5. The highest BCUT2D eigenvalue weighted by Crippen LogP contribution is 2.10. The summed E-state index contributed by atoms with van der Waals surface area (Å²) in [6.45, 7) is 2.72. The molecule has 0 aliphatic heterocycles. The molecule has 7 nitrogen and oxygen atoms in total. The maximum absolute atomic E-state index is 12.4. The molecule has 0 unspecified atom stereocenters. The molecule has 4 aromatic rings. The largest absolute Gasteiger partial charge is 0.306 e. The van der Waals surface area contributed by atoms with Gasteiger partial charge in [-0.1, -0.05) is 0 Å². The minimum atomic E-state index is -0.272. The van der Waals surface area contributed by atoms with Crippen LogP contribution in [0, 0.1) is 6.92 Å². The molecule has 4 heterocycles. The molecule has 0 bridgehead atoms. The Kier molecular flexibility index (Phi) is 4.18. The van der Waals surface area contributed by atoms with E-state index in [2.05, 4.69) is 20.4 Å². The smallest absolute Gasteiger partial charge is 0.277 e. The van der Waals surface area contributed by atoms with E-state index in [1.54, 1.807) is 24.7 Å². The lowest BCUT2D eigenvalue weighted by Crippen LogP contribution is -2.13. The molecule has 0 fully saturated rings.